The molecule has 0 atom stereocenters. The molecule has 2 heterocycles. The fraction of sp³-hybridized carbons (Fsp3) is 0. The molecule has 0 fully saturated rings. The summed E-state index contributed by atoms with van der Waals surface area (Å²) >= 11 is 0. The lowest BCUT2D eigenvalue weighted by atomic mass is 10.1. The van der Waals surface area contributed by atoms with Gasteiger partial charge in [-0.3, -0.25) is 10.1 Å². The summed E-state index contributed by atoms with van der Waals surface area (Å²) in [7, 11) is 0. The zero-order valence-corrected chi connectivity index (χ0v) is 9.04. The van der Waals surface area contributed by atoms with Crippen molar-refractivity contribution in [1.82, 2.24) is 20.2 Å². The molecule has 17 heavy (non-hydrogen) atoms. The van der Waals surface area contributed by atoms with Crippen molar-refractivity contribution in [3.63, 3.8) is 0 Å². The van der Waals surface area contributed by atoms with Crippen molar-refractivity contribution in [1.29, 1.82) is 0 Å². The summed E-state index contributed by atoms with van der Waals surface area (Å²) in [6, 6.07) is 14.0. The van der Waals surface area contributed by atoms with Crippen molar-refractivity contribution < 1.29 is 0 Å². The number of nitrogens with zero attached hydrogens (tertiary/aromatic N) is 3. The van der Waals surface area contributed by atoms with Crippen molar-refractivity contribution in [2.24, 2.45) is 0 Å². The molecule has 1 aromatic carbocycles. The van der Waals surface area contributed by atoms with Crippen molar-refractivity contribution in [3.8, 4) is 22.6 Å². The normalized spacial score (nSPS) is 10.4. The molecule has 0 aliphatic heterocycles. The first-order valence-electron chi connectivity index (χ1n) is 5.31. The number of rotatable bonds is 2. The molecule has 4 nitrogen and oxygen atoms in total. The lowest BCUT2D eigenvalue weighted by Gasteiger charge is -2.02. The van der Waals surface area contributed by atoms with Gasteiger partial charge in [-0.25, -0.2) is 4.98 Å². The molecular weight excluding hydrogens is 212 g/mol. The van der Waals surface area contributed by atoms with Gasteiger partial charge in [-0.15, -0.1) is 0 Å². The number of H-pyrrole nitrogens is 1. The van der Waals surface area contributed by atoms with E-state index in [1.54, 1.807) is 6.20 Å². The van der Waals surface area contributed by atoms with E-state index in [9.17, 15) is 0 Å². The SMILES string of the molecule is c1ccc(-c2cc(-c3ncn[nH]3)ccn2)cc1. The highest BCUT2D eigenvalue weighted by Crippen LogP contribution is 2.21. The molecule has 0 bridgehead atoms. The van der Waals surface area contributed by atoms with Crippen LogP contribution in [0.25, 0.3) is 22.6 Å². The minimum Gasteiger partial charge on any atom is -0.259 e. The Bertz CT molecular complexity index is 602. The molecule has 0 saturated heterocycles. The van der Waals surface area contributed by atoms with E-state index >= 15 is 0 Å². The summed E-state index contributed by atoms with van der Waals surface area (Å²) in [5.74, 6) is 0.754. The Kier molecular flexibility index (Phi) is 2.38. The molecule has 1 N–H and O–H groups in total. The zero-order chi connectivity index (χ0) is 11.5. The predicted molar refractivity (Wildman–Crippen MR) is 65.0 cm³/mol. The largest absolute Gasteiger partial charge is 0.259 e. The maximum atomic E-state index is 4.36. The van der Waals surface area contributed by atoms with Gasteiger partial charge >= 0.3 is 0 Å². The molecular formula is C13H10N4. The standard InChI is InChI=1S/C13H10N4/c1-2-4-10(5-3-1)12-8-11(6-7-14-12)13-15-9-16-17-13/h1-9H,(H,15,16,17). The Morgan fingerprint density at radius 2 is 1.76 bits per heavy atom. The number of pyridine rings is 1. The van der Waals surface area contributed by atoms with E-state index in [0.717, 1.165) is 22.6 Å². The molecule has 0 aliphatic carbocycles. The maximum Gasteiger partial charge on any atom is 0.155 e. The van der Waals surface area contributed by atoms with Crippen LogP contribution in [0.15, 0.2) is 55.0 Å². The van der Waals surface area contributed by atoms with Gasteiger partial charge in [0.05, 0.1) is 5.69 Å². The van der Waals surface area contributed by atoms with Gasteiger partial charge in [-0.05, 0) is 12.1 Å². The fourth-order valence-electron chi connectivity index (χ4n) is 1.69. The minimum atomic E-state index is 0.754. The molecule has 2 aromatic heterocycles. The third kappa shape index (κ3) is 1.92. The van der Waals surface area contributed by atoms with Crippen LogP contribution in [0.5, 0.6) is 0 Å². The average molecular weight is 222 g/mol. The van der Waals surface area contributed by atoms with E-state index in [1.807, 2.05) is 42.5 Å². The van der Waals surface area contributed by atoms with Crippen LogP contribution in [0, 0.1) is 0 Å². The Morgan fingerprint density at radius 1 is 0.882 bits per heavy atom. The molecule has 0 saturated carbocycles. The van der Waals surface area contributed by atoms with Gasteiger partial charge in [0.25, 0.3) is 0 Å². The second-order valence-electron chi connectivity index (χ2n) is 3.63. The molecule has 3 rings (SSSR count). The number of aromatic amines is 1. The Hall–Kier alpha value is -2.49. The van der Waals surface area contributed by atoms with E-state index in [1.165, 1.54) is 6.33 Å². The predicted octanol–water partition coefficient (Wildman–Crippen LogP) is 2.53. The first kappa shape index (κ1) is 9.72. The maximum absolute atomic E-state index is 4.36. The second kappa shape index (κ2) is 4.17. The zero-order valence-electron chi connectivity index (χ0n) is 9.04. The first-order chi connectivity index (χ1) is 8.43. The summed E-state index contributed by atoms with van der Waals surface area (Å²) in [4.78, 5) is 8.48. The minimum absolute atomic E-state index is 0.754. The van der Waals surface area contributed by atoms with Gasteiger partial charge in [-0.2, -0.15) is 5.10 Å². The highest BCUT2D eigenvalue weighted by atomic mass is 15.2. The lowest BCUT2D eigenvalue weighted by Crippen LogP contribution is -1.86. The molecule has 82 valence electrons. The number of aromatic nitrogens is 4. The summed E-state index contributed by atoms with van der Waals surface area (Å²) in [6.07, 6.45) is 3.28. The van der Waals surface area contributed by atoms with Crippen LogP contribution in [0.4, 0.5) is 0 Å². The Balaban J connectivity index is 2.06. The molecule has 0 aliphatic rings. The van der Waals surface area contributed by atoms with E-state index in [4.69, 9.17) is 0 Å². The van der Waals surface area contributed by atoms with E-state index in [2.05, 4.69) is 20.2 Å². The van der Waals surface area contributed by atoms with Crippen molar-refractivity contribution >= 4 is 0 Å². The first-order valence-corrected chi connectivity index (χ1v) is 5.31. The van der Waals surface area contributed by atoms with Crippen molar-refractivity contribution in [2.75, 3.05) is 0 Å². The summed E-state index contributed by atoms with van der Waals surface area (Å²) in [5.41, 5.74) is 3.00. The Labute approximate surface area is 98.4 Å². The number of hydrogen-bond donors (Lipinski definition) is 1. The third-order valence-electron chi connectivity index (χ3n) is 2.52. The monoisotopic (exact) mass is 222 g/mol. The topological polar surface area (TPSA) is 54.5 Å². The van der Waals surface area contributed by atoms with Crippen LogP contribution < -0.4 is 0 Å². The smallest absolute Gasteiger partial charge is 0.155 e. The molecule has 4 heteroatoms. The van der Waals surface area contributed by atoms with Crippen molar-refractivity contribution in [3.05, 3.63) is 55.0 Å². The highest BCUT2D eigenvalue weighted by Gasteiger charge is 2.03. The van der Waals surface area contributed by atoms with E-state index in [0.29, 0.717) is 0 Å². The Morgan fingerprint density at radius 3 is 2.53 bits per heavy atom. The van der Waals surface area contributed by atoms with Crippen LogP contribution in [-0.4, -0.2) is 20.2 Å². The van der Waals surface area contributed by atoms with Crippen LogP contribution in [0.3, 0.4) is 0 Å². The molecule has 0 radical (unpaired) electrons. The van der Waals surface area contributed by atoms with Gasteiger partial charge in [0, 0.05) is 17.3 Å². The van der Waals surface area contributed by atoms with Gasteiger partial charge in [0.15, 0.2) is 5.82 Å². The van der Waals surface area contributed by atoms with Gasteiger partial charge in [0.1, 0.15) is 6.33 Å². The summed E-state index contributed by atoms with van der Waals surface area (Å²) in [6.45, 7) is 0. The van der Waals surface area contributed by atoms with Crippen molar-refractivity contribution in [2.45, 2.75) is 0 Å². The average Bonchev–Trinajstić information content (AvgIpc) is 2.94. The highest BCUT2D eigenvalue weighted by molar-refractivity contribution is 5.66. The number of hydrogen-bond acceptors (Lipinski definition) is 3. The molecule has 0 spiro atoms. The van der Waals surface area contributed by atoms with E-state index in [-0.39, 0.29) is 0 Å². The quantitative estimate of drug-likeness (QED) is 0.724. The lowest BCUT2D eigenvalue weighted by molar-refractivity contribution is 1.09. The van der Waals surface area contributed by atoms with E-state index < -0.39 is 0 Å². The fourth-order valence-corrected chi connectivity index (χ4v) is 1.69. The van der Waals surface area contributed by atoms with Crippen LogP contribution in [0.2, 0.25) is 0 Å². The number of benzene rings is 1. The molecule has 0 amide bonds. The molecule has 3 aromatic rings. The van der Waals surface area contributed by atoms with Crippen LogP contribution in [-0.2, 0) is 0 Å². The third-order valence-corrected chi connectivity index (χ3v) is 2.52. The summed E-state index contributed by atoms with van der Waals surface area (Å²) in [5, 5.41) is 6.69. The second-order valence-corrected chi connectivity index (χ2v) is 3.63. The van der Waals surface area contributed by atoms with Gasteiger partial charge in [0.2, 0.25) is 0 Å². The van der Waals surface area contributed by atoms with Crippen LogP contribution in [0.1, 0.15) is 0 Å². The van der Waals surface area contributed by atoms with Gasteiger partial charge in [-0.1, -0.05) is 30.3 Å². The number of nitrogens with one attached hydrogen (secondary N) is 1. The molecule has 0 unspecified atom stereocenters. The summed E-state index contributed by atoms with van der Waals surface area (Å²) < 4.78 is 0. The van der Waals surface area contributed by atoms with Gasteiger partial charge < -0.3 is 0 Å². The van der Waals surface area contributed by atoms with Crippen LogP contribution >= 0.6 is 0 Å².